The van der Waals surface area contributed by atoms with Crippen molar-refractivity contribution in [3.8, 4) is 0 Å². The third kappa shape index (κ3) is 53.1. The molecule has 69 heavy (non-hydrogen) atoms. The molecule has 0 aliphatic carbocycles. The molecular formula is C60H111NO8. The maximum atomic E-state index is 12.8. The number of carbonyl (C=O) groups is 3. The molecule has 0 aliphatic heterocycles. The number of carboxylic acid groups (broad SMARTS) is 1. The summed E-state index contributed by atoms with van der Waals surface area (Å²) in [5.41, 5.74) is 0. The zero-order valence-corrected chi connectivity index (χ0v) is 45.9. The Labute approximate surface area is 426 Å². The minimum Gasteiger partial charge on any atom is -0.545 e. The Bertz CT molecular complexity index is 1230. The second kappa shape index (κ2) is 51.9. The molecule has 0 amide bonds. The Kier molecular flexibility index (Phi) is 50.0. The number of hydrogen-bond acceptors (Lipinski definition) is 8. The first-order valence-electron chi connectivity index (χ1n) is 29.1. The van der Waals surface area contributed by atoms with Crippen LogP contribution in [-0.4, -0.2) is 82.3 Å². The first-order chi connectivity index (χ1) is 33.6. The van der Waals surface area contributed by atoms with Gasteiger partial charge in [0.1, 0.15) is 13.2 Å². The van der Waals surface area contributed by atoms with Crippen LogP contribution in [0.2, 0.25) is 0 Å². The number of hydrogen-bond donors (Lipinski definition) is 0. The molecule has 0 spiro atoms. The van der Waals surface area contributed by atoms with Crippen molar-refractivity contribution in [2.75, 3.05) is 47.5 Å². The zero-order chi connectivity index (χ0) is 50.6. The van der Waals surface area contributed by atoms with Gasteiger partial charge in [0, 0.05) is 12.8 Å². The summed E-state index contributed by atoms with van der Waals surface area (Å²) in [4.78, 5) is 37.2. The number of likely N-dealkylation sites (N-methyl/N-ethyl adjacent to an activating group) is 1. The lowest BCUT2D eigenvalue weighted by molar-refractivity contribution is -0.870. The summed E-state index contributed by atoms with van der Waals surface area (Å²) in [5.74, 6) is -2.27. The van der Waals surface area contributed by atoms with E-state index in [0.717, 1.165) is 44.9 Å². The Morgan fingerprint density at radius 3 is 1.16 bits per heavy atom. The molecule has 0 aromatic heterocycles. The van der Waals surface area contributed by atoms with Crippen molar-refractivity contribution < 1.29 is 42.9 Å². The monoisotopic (exact) mass is 974 g/mol. The summed E-state index contributed by atoms with van der Waals surface area (Å²) in [7, 11) is 5.93. The van der Waals surface area contributed by atoms with Crippen molar-refractivity contribution in [3.63, 3.8) is 0 Å². The predicted molar refractivity (Wildman–Crippen MR) is 288 cm³/mol. The van der Waals surface area contributed by atoms with E-state index in [0.29, 0.717) is 23.9 Å². The number of quaternary nitrogens is 1. The second-order valence-electron chi connectivity index (χ2n) is 20.9. The van der Waals surface area contributed by atoms with Gasteiger partial charge < -0.3 is 33.3 Å². The molecule has 0 N–H and O–H groups in total. The highest BCUT2D eigenvalue weighted by Gasteiger charge is 2.22. The molecule has 9 nitrogen and oxygen atoms in total. The third-order valence-electron chi connectivity index (χ3n) is 12.9. The number of allylic oxidation sites excluding steroid dienone is 6. The molecular weight excluding hydrogens is 863 g/mol. The van der Waals surface area contributed by atoms with Crippen molar-refractivity contribution in [2.24, 2.45) is 0 Å². The molecule has 0 saturated carbocycles. The number of aliphatic carboxylic acids is 1. The van der Waals surface area contributed by atoms with Crippen LogP contribution in [0.25, 0.3) is 0 Å². The van der Waals surface area contributed by atoms with E-state index in [4.69, 9.17) is 18.9 Å². The Morgan fingerprint density at radius 1 is 0.435 bits per heavy atom. The van der Waals surface area contributed by atoms with Crippen molar-refractivity contribution in [2.45, 2.75) is 283 Å². The smallest absolute Gasteiger partial charge is 0.306 e. The van der Waals surface area contributed by atoms with Gasteiger partial charge in [0.05, 0.1) is 40.3 Å². The largest absolute Gasteiger partial charge is 0.545 e. The molecule has 404 valence electrons. The van der Waals surface area contributed by atoms with Gasteiger partial charge in [-0.25, -0.2) is 0 Å². The van der Waals surface area contributed by atoms with E-state index in [1.165, 1.54) is 193 Å². The summed E-state index contributed by atoms with van der Waals surface area (Å²) in [6, 6.07) is 0. The lowest BCUT2D eigenvalue weighted by Gasteiger charge is -2.26. The number of esters is 2. The van der Waals surface area contributed by atoms with Crippen LogP contribution in [0.1, 0.15) is 271 Å². The fourth-order valence-corrected chi connectivity index (χ4v) is 8.37. The van der Waals surface area contributed by atoms with Crippen molar-refractivity contribution in [3.05, 3.63) is 36.5 Å². The summed E-state index contributed by atoms with van der Waals surface area (Å²) in [6.45, 7) is 4.76. The van der Waals surface area contributed by atoms with Crippen LogP contribution in [0, 0.1) is 0 Å². The lowest BCUT2D eigenvalue weighted by Crippen LogP contribution is -2.44. The molecule has 2 unspecified atom stereocenters. The van der Waals surface area contributed by atoms with Crippen molar-refractivity contribution in [1.82, 2.24) is 0 Å². The maximum Gasteiger partial charge on any atom is 0.306 e. The van der Waals surface area contributed by atoms with Gasteiger partial charge in [-0.15, -0.1) is 0 Å². The maximum absolute atomic E-state index is 12.8. The van der Waals surface area contributed by atoms with Gasteiger partial charge in [0.15, 0.2) is 12.4 Å². The number of unbranched alkanes of at least 4 members (excludes halogenated alkanes) is 33. The van der Waals surface area contributed by atoms with Gasteiger partial charge in [0.25, 0.3) is 0 Å². The first kappa shape index (κ1) is 66.5. The van der Waals surface area contributed by atoms with E-state index in [-0.39, 0.29) is 32.2 Å². The summed E-state index contributed by atoms with van der Waals surface area (Å²) < 4.78 is 22.7. The minimum atomic E-state index is -1.62. The molecule has 0 rings (SSSR count). The van der Waals surface area contributed by atoms with Crippen molar-refractivity contribution >= 4 is 17.9 Å². The summed E-state index contributed by atoms with van der Waals surface area (Å²) in [5, 5.41) is 11.7. The fraction of sp³-hybridized carbons (Fsp3) is 0.850. The van der Waals surface area contributed by atoms with E-state index in [1.54, 1.807) is 0 Å². The van der Waals surface area contributed by atoms with Crippen LogP contribution in [0.3, 0.4) is 0 Å². The van der Waals surface area contributed by atoms with Crippen LogP contribution in [-0.2, 0) is 33.3 Å². The summed E-state index contributed by atoms with van der Waals surface area (Å²) in [6.07, 6.45) is 59.1. The third-order valence-corrected chi connectivity index (χ3v) is 12.9. The standard InChI is InChI=1S/C60H111NO8/c1-6-8-10-12-14-16-18-20-21-22-23-24-25-26-27-28-29-30-31-32-33-34-35-36-37-39-41-43-45-47-49-51-58(63)69-56(55-68-60(59(64)65)66-53-52-61(3,4)5)54-67-57(62)50-48-46-44-42-40-38-19-17-15-13-11-9-7-2/h18,20,22-23,25-26,56,60H,6-17,19,21,24,27-55H2,1-5H3/b20-18-,23-22-,26-25-. The Morgan fingerprint density at radius 2 is 0.783 bits per heavy atom. The molecule has 0 fully saturated rings. The minimum absolute atomic E-state index is 0.150. The van der Waals surface area contributed by atoms with Gasteiger partial charge in [-0.1, -0.05) is 243 Å². The Balaban J connectivity index is 4.10. The topological polar surface area (TPSA) is 111 Å². The lowest BCUT2D eigenvalue weighted by atomic mass is 10.0. The highest BCUT2D eigenvalue weighted by atomic mass is 16.7. The number of ether oxygens (including phenoxy) is 4. The molecule has 0 aromatic carbocycles. The van der Waals surface area contributed by atoms with E-state index >= 15 is 0 Å². The second-order valence-corrected chi connectivity index (χ2v) is 20.9. The number of carbonyl (C=O) groups excluding carboxylic acids is 3. The van der Waals surface area contributed by atoms with Gasteiger partial charge in [0.2, 0.25) is 0 Å². The van der Waals surface area contributed by atoms with Crippen LogP contribution < -0.4 is 5.11 Å². The average molecular weight is 975 g/mol. The first-order valence-corrected chi connectivity index (χ1v) is 29.1. The molecule has 0 aliphatic rings. The highest BCUT2D eigenvalue weighted by Crippen LogP contribution is 2.17. The van der Waals surface area contributed by atoms with Gasteiger partial charge >= 0.3 is 11.9 Å². The van der Waals surface area contributed by atoms with Crippen molar-refractivity contribution in [1.29, 1.82) is 0 Å². The normalized spacial score (nSPS) is 13.0. The van der Waals surface area contributed by atoms with Crippen LogP contribution in [0.5, 0.6) is 0 Å². The van der Waals surface area contributed by atoms with Gasteiger partial charge in [-0.05, 0) is 51.4 Å². The van der Waals surface area contributed by atoms with Crippen LogP contribution in [0.4, 0.5) is 0 Å². The number of nitrogens with zero attached hydrogens (tertiary/aromatic N) is 1. The van der Waals surface area contributed by atoms with Crippen LogP contribution >= 0.6 is 0 Å². The predicted octanol–water partition coefficient (Wildman–Crippen LogP) is 15.6. The van der Waals surface area contributed by atoms with E-state index in [2.05, 4.69) is 50.3 Å². The zero-order valence-electron chi connectivity index (χ0n) is 45.9. The van der Waals surface area contributed by atoms with Gasteiger partial charge in [-0.3, -0.25) is 9.59 Å². The fourth-order valence-electron chi connectivity index (χ4n) is 8.37. The molecule has 9 heteroatoms. The van der Waals surface area contributed by atoms with E-state index in [1.807, 2.05) is 21.1 Å². The summed E-state index contributed by atoms with van der Waals surface area (Å²) >= 11 is 0. The molecule has 0 bridgehead atoms. The average Bonchev–Trinajstić information content (AvgIpc) is 3.31. The van der Waals surface area contributed by atoms with Gasteiger partial charge in [-0.2, -0.15) is 0 Å². The molecule has 0 saturated heterocycles. The quantitative estimate of drug-likeness (QED) is 0.0195. The Hall–Kier alpha value is -2.49. The molecule has 0 radical (unpaired) electrons. The number of rotatable bonds is 54. The van der Waals surface area contributed by atoms with Crippen LogP contribution in [0.15, 0.2) is 36.5 Å². The highest BCUT2D eigenvalue weighted by molar-refractivity contribution is 5.70. The SMILES string of the molecule is CCCCCCC/C=C\C/C=C\C/C=C\CCCCCCCCCCCCCCCCCCC(=O)OC(COC(=O)CCCCCCCCCCCCCCC)COC(OCC[N+](C)(C)C)C(=O)[O-]. The van der Waals surface area contributed by atoms with E-state index in [9.17, 15) is 19.5 Å². The molecule has 0 aromatic rings. The van der Waals surface area contributed by atoms with E-state index < -0.39 is 24.3 Å². The molecule has 2 atom stereocenters. The number of carboxylic acids is 1. The molecule has 0 heterocycles.